The van der Waals surface area contributed by atoms with Crippen LogP contribution in [0.15, 0.2) is 24.4 Å². The Morgan fingerprint density at radius 1 is 1.40 bits per heavy atom. The molecule has 1 aromatic rings. The van der Waals surface area contributed by atoms with E-state index in [-0.39, 0.29) is 0 Å². The Morgan fingerprint density at radius 2 is 2.33 bits per heavy atom. The van der Waals surface area contributed by atoms with Crippen molar-refractivity contribution in [2.45, 2.75) is 31.8 Å². The van der Waals surface area contributed by atoms with Crippen LogP contribution in [0.3, 0.4) is 0 Å². The molecule has 0 bridgehead atoms. The van der Waals surface area contributed by atoms with Gasteiger partial charge in [0, 0.05) is 25.3 Å². The van der Waals surface area contributed by atoms with Crippen LogP contribution in [0, 0.1) is 0 Å². The van der Waals surface area contributed by atoms with Crippen molar-refractivity contribution in [1.82, 2.24) is 9.88 Å². The van der Waals surface area contributed by atoms with Crippen molar-refractivity contribution in [3.8, 4) is 0 Å². The molecule has 1 aliphatic rings. The van der Waals surface area contributed by atoms with Crippen molar-refractivity contribution >= 4 is 0 Å². The monoisotopic (exact) mass is 205 g/mol. The highest BCUT2D eigenvalue weighted by Gasteiger charge is 2.14. The van der Waals surface area contributed by atoms with Gasteiger partial charge in [-0.2, -0.15) is 0 Å². The fraction of sp³-hybridized carbons (Fsp3) is 0.583. The van der Waals surface area contributed by atoms with Crippen molar-refractivity contribution < 1.29 is 0 Å². The summed E-state index contributed by atoms with van der Waals surface area (Å²) in [7, 11) is 0. The maximum absolute atomic E-state index is 6.02. The van der Waals surface area contributed by atoms with E-state index < -0.39 is 0 Å². The van der Waals surface area contributed by atoms with Gasteiger partial charge in [-0.25, -0.2) is 0 Å². The van der Waals surface area contributed by atoms with E-state index in [2.05, 4.69) is 16.0 Å². The third kappa shape index (κ3) is 3.29. The van der Waals surface area contributed by atoms with Gasteiger partial charge in [0.05, 0.1) is 5.69 Å². The molecule has 0 amide bonds. The molecule has 1 unspecified atom stereocenters. The topological polar surface area (TPSA) is 42.1 Å². The third-order valence-corrected chi connectivity index (χ3v) is 2.90. The Labute approximate surface area is 91.3 Å². The summed E-state index contributed by atoms with van der Waals surface area (Å²) < 4.78 is 0. The smallest absolute Gasteiger partial charge is 0.0543 e. The summed E-state index contributed by atoms with van der Waals surface area (Å²) in [4.78, 5) is 6.76. The lowest BCUT2D eigenvalue weighted by molar-refractivity contribution is 0.262. The van der Waals surface area contributed by atoms with Crippen LogP contribution in [-0.2, 0) is 6.54 Å². The van der Waals surface area contributed by atoms with Crippen LogP contribution in [0.5, 0.6) is 0 Å². The van der Waals surface area contributed by atoms with Gasteiger partial charge in [-0.15, -0.1) is 0 Å². The van der Waals surface area contributed by atoms with Crippen molar-refractivity contribution in [1.29, 1.82) is 0 Å². The molecule has 0 spiro atoms. The lowest BCUT2D eigenvalue weighted by Gasteiger charge is -2.21. The molecule has 1 saturated heterocycles. The fourth-order valence-electron chi connectivity index (χ4n) is 2.12. The Morgan fingerprint density at radius 3 is 3.13 bits per heavy atom. The number of hydrogen-bond donors (Lipinski definition) is 1. The van der Waals surface area contributed by atoms with E-state index >= 15 is 0 Å². The van der Waals surface area contributed by atoms with E-state index in [0.717, 1.165) is 25.3 Å². The van der Waals surface area contributed by atoms with Gasteiger partial charge < -0.3 is 5.73 Å². The van der Waals surface area contributed by atoms with E-state index in [4.69, 9.17) is 5.73 Å². The number of pyridine rings is 1. The Kier molecular flexibility index (Phi) is 3.69. The van der Waals surface area contributed by atoms with Gasteiger partial charge in [-0.1, -0.05) is 12.5 Å². The molecule has 15 heavy (non-hydrogen) atoms. The lowest BCUT2D eigenvalue weighted by Crippen LogP contribution is -2.35. The average Bonchev–Trinajstić information content (AvgIpc) is 2.44. The second-order valence-electron chi connectivity index (χ2n) is 4.31. The van der Waals surface area contributed by atoms with E-state index in [0.29, 0.717) is 6.04 Å². The number of rotatable bonds is 2. The van der Waals surface area contributed by atoms with Crippen molar-refractivity contribution in [3.05, 3.63) is 30.1 Å². The van der Waals surface area contributed by atoms with E-state index in [1.807, 2.05) is 18.3 Å². The molecule has 82 valence electrons. The number of hydrogen-bond acceptors (Lipinski definition) is 3. The van der Waals surface area contributed by atoms with Gasteiger partial charge in [0.1, 0.15) is 0 Å². The molecule has 1 fully saturated rings. The number of likely N-dealkylation sites (tertiary alicyclic amines) is 1. The van der Waals surface area contributed by atoms with Gasteiger partial charge in [-0.05, 0) is 31.5 Å². The summed E-state index contributed by atoms with van der Waals surface area (Å²) in [5.41, 5.74) is 7.16. The van der Waals surface area contributed by atoms with Gasteiger partial charge in [0.25, 0.3) is 0 Å². The normalized spacial score (nSPS) is 23.7. The first kappa shape index (κ1) is 10.6. The average molecular weight is 205 g/mol. The highest BCUT2D eigenvalue weighted by Crippen LogP contribution is 2.11. The van der Waals surface area contributed by atoms with Gasteiger partial charge in [0.15, 0.2) is 0 Å². The number of nitrogens with two attached hydrogens (primary N) is 1. The van der Waals surface area contributed by atoms with Crippen molar-refractivity contribution in [2.75, 3.05) is 13.1 Å². The van der Waals surface area contributed by atoms with Crippen molar-refractivity contribution in [3.63, 3.8) is 0 Å². The second-order valence-corrected chi connectivity index (χ2v) is 4.31. The third-order valence-electron chi connectivity index (χ3n) is 2.90. The number of nitrogens with zero attached hydrogens (tertiary/aromatic N) is 2. The summed E-state index contributed by atoms with van der Waals surface area (Å²) in [6.45, 7) is 3.11. The zero-order chi connectivity index (χ0) is 10.5. The predicted octanol–water partition coefficient (Wildman–Crippen LogP) is 1.39. The molecule has 2 rings (SSSR count). The quantitative estimate of drug-likeness (QED) is 0.793. The van der Waals surface area contributed by atoms with Gasteiger partial charge in [0.2, 0.25) is 0 Å². The highest BCUT2D eigenvalue weighted by atomic mass is 15.1. The zero-order valence-corrected chi connectivity index (χ0v) is 9.10. The van der Waals surface area contributed by atoms with Crippen LogP contribution in [0.4, 0.5) is 0 Å². The summed E-state index contributed by atoms with van der Waals surface area (Å²) in [5.74, 6) is 0. The first-order valence-corrected chi connectivity index (χ1v) is 5.72. The van der Waals surface area contributed by atoms with Crippen LogP contribution in [0.25, 0.3) is 0 Å². The minimum Gasteiger partial charge on any atom is -0.327 e. The predicted molar refractivity (Wildman–Crippen MR) is 61.3 cm³/mol. The molecule has 2 N–H and O–H groups in total. The molecular formula is C12H19N3. The Bertz CT molecular complexity index is 286. The minimum absolute atomic E-state index is 0.344. The molecule has 0 aliphatic carbocycles. The molecular weight excluding hydrogens is 186 g/mol. The summed E-state index contributed by atoms with van der Waals surface area (Å²) >= 11 is 0. The van der Waals surface area contributed by atoms with Crippen LogP contribution < -0.4 is 5.73 Å². The van der Waals surface area contributed by atoms with Crippen molar-refractivity contribution in [2.24, 2.45) is 5.73 Å². The first-order valence-electron chi connectivity index (χ1n) is 5.72. The second kappa shape index (κ2) is 5.24. The molecule has 3 nitrogen and oxygen atoms in total. The molecule has 0 saturated carbocycles. The highest BCUT2D eigenvalue weighted by molar-refractivity contribution is 5.03. The molecule has 3 heteroatoms. The van der Waals surface area contributed by atoms with E-state index in [1.54, 1.807) is 0 Å². The van der Waals surface area contributed by atoms with Crippen LogP contribution in [0.1, 0.15) is 25.0 Å². The van der Waals surface area contributed by atoms with Crippen LogP contribution >= 0.6 is 0 Å². The Hall–Kier alpha value is -0.930. The summed E-state index contributed by atoms with van der Waals surface area (Å²) in [5, 5.41) is 0. The largest absolute Gasteiger partial charge is 0.327 e. The molecule has 1 aromatic heterocycles. The van der Waals surface area contributed by atoms with Crippen LogP contribution in [-0.4, -0.2) is 29.0 Å². The summed E-state index contributed by atoms with van der Waals surface area (Å²) in [6.07, 6.45) is 5.55. The maximum atomic E-state index is 6.02. The molecule has 1 atom stereocenters. The van der Waals surface area contributed by atoms with Crippen LogP contribution in [0.2, 0.25) is 0 Å². The minimum atomic E-state index is 0.344. The first-order chi connectivity index (χ1) is 7.34. The van der Waals surface area contributed by atoms with E-state index in [1.165, 1.54) is 19.3 Å². The van der Waals surface area contributed by atoms with Gasteiger partial charge >= 0.3 is 0 Å². The Balaban J connectivity index is 1.93. The molecule has 2 heterocycles. The molecule has 0 aromatic carbocycles. The summed E-state index contributed by atoms with van der Waals surface area (Å²) in [6, 6.07) is 6.42. The van der Waals surface area contributed by atoms with Gasteiger partial charge in [-0.3, -0.25) is 9.88 Å². The zero-order valence-electron chi connectivity index (χ0n) is 9.10. The lowest BCUT2D eigenvalue weighted by atomic mass is 10.2. The maximum Gasteiger partial charge on any atom is 0.0543 e. The SMILES string of the molecule is NC1CCCCN(Cc2ccccn2)C1. The number of aromatic nitrogens is 1. The fourth-order valence-corrected chi connectivity index (χ4v) is 2.12. The standard InChI is InChI=1S/C12H19N3/c13-11-5-2-4-8-15(9-11)10-12-6-1-3-7-14-12/h1,3,6-7,11H,2,4-5,8-10,13H2. The van der Waals surface area contributed by atoms with E-state index in [9.17, 15) is 0 Å². The molecule has 0 radical (unpaired) electrons. The molecule has 1 aliphatic heterocycles.